The van der Waals surface area contributed by atoms with E-state index in [0.29, 0.717) is 17.4 Å². The third kappa shape index (κ3) is 5.47. The van der Waals surface area contributed by atoms with Crippen LogP contribution in [0.3, 0.4) is 0 Å². The summed E-state index contributed by atoms with van der Waals surface area (Å²) in [5.74, 6) is 0.210. The molecule has 0 bridgehead atoms. The molecular weight excluding hydrogens is 534 g/mol. The number of nitrogen functional groups attached to an aromatic ring is 2. The Labute approximate surface area is 241 Å². The number of aromatic nitrogens is 1. The third-order valence-electron chi connectivity index (χ3n) is 8.04. The van der Waals surface area contributed by atoms with Crippen LogP contribution in [-0.4, -0.2) is 61.8 Å². The molecule has 1 aliphatic carbocycles. The van der Waals surface area contributed by atoms with Gasteiger partial charge in [-0.3, -0.25) is 9.69 Å². The maximum atomic E-state index is 12.9. The smallest absolute Gasteiger partial charge is 0.230 e. The number of hydrogen-bond donors (Lipinski definition) is 3. The van der Waals surface area contributed by atoms with Crippen LogP contribution in [0.25, 0.3) is 16.5 Å². The molecule has 9 heteroatoms. The fourth-order valence-electron chi connectivity index (χ4n) is 5.81. The Morgan fingerprint density at radius 1 is 0.951 bits per heavy atom. The van der Waals surface area contributed by atoms with Gasteiger partial charge in [0.2, 0.25) is 15.7 Å². The van der Waals surface area contributed by atoms with Gasteiger partial charge in [-0.25, -0.2) is 8.42 Å². The number of nitrogens with two attached hydrogens (primary N) is 2. The maximum Gasteiger partial charge on any atom is 0.230 e. The molecule has 0 spiro atoms. The molecule has 2 atom stereocenters. The number of carbonyl (C=O) groups is 1. The van der Waals surface area contributed by atoms with Crippen LogP contribution in [0.1, 0.15) is 25.0 Å². The van der Waals surface area contributed by atoms with Crippen molar-refractivity contribution in [3.63, 3.8) is 0 Å². The highest BCUT2D eigenvalue weighted by Crippen LogP contribution is 2.41. The van der Waals surface area contributed by atoms with Crippen molar-refractivity contribution in [2.75, 3.05) is 38.1 Å². The van der Waals surface area contributed by atoms with Gasteiger partial charge in [0, 0.05) is 54.2 Å². The van der Waals surface area contributed by atoms with Crippen LogP contribution >= 0.6 is 0 Å². The van der Waals surface area contributed by atoms with Crippen LogP contribution in [0.5, 0.6) is 0 Å². The molecule has 5 N–H and O–H groups in total. The van der Waals surface area contributed by atoms with Gasteiger partial charge in [-0.2, -0.15) is 0 Å². The van der Waals surface area contributed by atoms with E-state index in [1.54, 1.807) is 24.3 Å². The summed E-state index contributed by atoms with van der Waals surface area (Å²) < 4.78 is 24.3. The number of rotatable bonds is 5. The Kier molecular flexibility index (Phi) is 7.93. The van der Waals surface area contributed by atoms with E-state index < -0.39 is 9.84 Å². The number of anilines is 2. The number of aromatic amines is 1. The second-order valence-electron chi connectivity index (χ2n) is 10.6. The van der Waals surface area contributed by atoms with Crippen LogP contribution in [0.2, 0.25) is 0 Å². The lowest BCUT2D eigenvalue weighted by atomic mass is 9.79. The highest BCUT2D eigenvalue weighted by molar-refractivity contribution is 7.91. The normalized spacial score (nSPS) is 18.2. The first-order chi connectivity index (χ1) is 19.6. The molecule has 214 valence electrons. The van der Waals surface area contributed by atoms with Crippen LogP contribution in [0.4, 0.5) is 11.4 Å². The van der Waals surface area contributed by atoms with Gasteiger partial charge < -0.3 is 21.4 Å². The molecule has 0 saturated heterocycles. The summed E-state index contributed by atoms with van der Waals surface area (Å²) in [4.78, 5) is 21.0. The van der Waals surface area contributed by atoms with Crippen molar-refractivity contribution in [2.45, 2.75) is 36.1 Å². The predicted octanol–water partition coefficient (Wildman–Crippen LogP) is 4.59. The van der Waals surface area contributed by atoms with E-state index in [9.17, 15) is 13.2 Å². The minimum Gasteiger partial charge on any atom is -0.399 e. The van der Waals surface area contributed by atoms with Gasteiger partial charge >= 0.3 is 0 Å². The topological polar surface area (TPSA) is 126 Å². The fourth-order valence-corrected chi connectivity index (χ4v) is 7.07. The summed E-state index contributed by atoms with van der Waals surface area (Å²) >= 11 is 0. The fraction of sp³-hybridized carbons (Fsp3) is 0.281. The van der Waals surface area contributed by atoms with Crippen molar-refractivity contribution in [3.05, 3.63) is 90.1 Å². The van der Waals surface area contributed by atoms with E-state index in [1.807, 2.05) is 4.90 Å². The molecule has 3 aromatic carbocycles. The molecule has 41 heavy (non-hydrogen) atoms. The third-order valence-corrected chi connectivity index (χ3v) is 9.83. The molecule has 4 aromatic rings. The van der Waals surface area contributed by atoms with Crippen LogP contribution in [0.15, 0.2) is 88.8 Å². The Morgan fingerprint density at radius 2 is 1.54 bits per heavy atom. The molecule has 0 unspecified atom stereocenters. The van der Waals surface area contributed by atoms with Gasteiger partial charge in [-0.15, -0.1) is 0 Å². The Bertz CT molecular complexity index is 1640. The quantitative estimate of drug-likeness (QED) is 0.301. The zero-order valence-electron chi connectivity index (χ0n) is 23.7. The number of likely N-dealkylation sites (N-methyl/N-ethyl adjacent to an activating group) is 1. The van der Waals surface area contributed by atoms with Crippen molar-refractivity contribution >= 4 is 43.6 Å². The molecule has 2 heterocycles. The number of nitrogens with one attached hydrogen (secondary N) is 1. The summed E-state index contributed by atoms with van der Waals surface area (Å²) in [6.07, 6.45) is 5.41. The number of amides is 1. The molecule has 1 amide bonds. The number of hydrogen-bond acceptors (Lipinski definition) is 6. The molecule has 8 nitrogen and oxygen atoms in total. The molecule has 0 fully saturated rings. The van der Waals surface area contributed by atoms with Crippen molar-refractivity contribution in [3.8, 4) is 0 Å². The van der Waals surface area contributed by atoms with E-state index >= 15 is 0 Å². The first-order valence-corrected chi connectivity index (χ1v) is 15.4. The zero-order chi connectivity index (χ0) is 29.3. The average Bonchev–Trinajstić information content (AvgIpc) is 3.39. The van der Waals surface area contributed by atoms with E-state index in [0.717, 1.165) is 26.1 Å². The van der Waals surface area contributed by atoms with Crippen molar-refractivity contribution in [1.82, 2.24) is 14.8 Å². The number of fused-ring (bicyclic) bond motifs is 2. The summed E-state index contributed by atoms with van der Waals surface area (Å²) in [5, 5.41) is 1.34. The lowest BCUT2D eigenvalue weighted by Crippen LogP contribution is -2.47. The molecule has 1 aliphatic heterocycles. The second kappa shape index (κ2) is 11.4. The monoisotopic (exact) mass is 571 g/mol. The Morgan fingerprint density at radius 3 is 2.10 bits per heavy atom. The number of sulfone groups is 1. The SMILES string of the molecule is CCN(CC)C(=O)[C@@H]1C=C2c3cccc4[nH]cc(c34)C[C@H]2N(C)C1.Nc1ccc(S(=O)(=O)c2ccc(N)cc2)cc1. The standard InChI is InChI=1S/C20H25N3O.C12H12N2O2S/c1-4-23(5-2)20(24)14-9-16-15-7-6-8-17-19(15)13(11-21-17)10-18(16)22(3)12-14;13-9-1-5-11(6-2-9)17(15,16)12-7-3-10(14)4-8-12/h6-9,11,14,18,21H,4-5,10,12H2,1-3H3;1-8H,13-14H2/t14-,18-;/m1./s1. The van der Waals surface area contributed by atoms with Crippen molar-refractivity contribution < 1.29 is 13.2 Å². The summed E-state index contributed by atoms with van der Waals surface area (Å²) in [6.45, 7) is 6.47. The minimum atomic E-state index is -3.48. The molecule has 2 aliphatic rings. The lowest BCUT2D eigenvalue weighted by molar-refractivity contribution is -0.134. The number of nitrogens with zero attached hydrogens (tertiary/aromatic N) is 2. The van der Waals surface area contributed by atoms with Gasteiger partial charge in [-0.1, -0.05) is 18.2 Å². The lowest BCUT2D eigenvalue weighted by Gasteiger charge is -2.40. The van der Waals surface area contributed by atoms with Gasteiger partial charge in [0.25, 0.3) is 0 Å². The van der Waals surface area contributed by atoms with Gasteiger partial charge in [0.15, 0.2) is 0 Å². The van der Waals surface area contributed by atoms with E-state index in [2.05, 4.69) is 61.3 Å². The van der Waals surface area contributed by atoms with Crippen molar-refractivity contribution in [1.29, 1.82) is 0 Å². The Hall–Kier alpha value is -4.08. The van der Waals surface area contributed by atoms with Crippen LogP contribution in [-0.2, 0) is 21.1 Å². The maximum absolute atomic E-state index is 12.9. The summed E-state index contributed by atoms with van der Waals surface area (Å²) in [5.41, 5.74) is 17.3. The molecule has 0 saturated carbocycles. The Balaban J connectivity index is 0.000000175. The highest BCUT2D eigenvalue weighted by Gasteiger charge is 2.36. The van der Waals surface area contributed by atoms with Gasteiger partial charge in [0.1, 0.15) is 0 Å². The summed E-state index contributed by atoms with van der Waals surface area (Å²) in [6, 6.07) is 19.0. The van der Waals surface area contributed by atoms with Gasteiger partial charge in [-0.05, 0) is 98.6 Å². The molecular formula is C32H37N5O3S. The van der Waals surface area contributed by atoms with E-state index in [1.165, 1.54) is 51.9 Å². The molecule has 0 radical (unpaired) electrons. The molecule has 6 rings (SSSR count). The zero-order valence-corrected chi connectivity index (χ0v) is 24.5. The first-order valence-electron chi connectivity index (χ1n) is 13.9. The van der Waals surface area contributed by atoms with Gasteiger partial charge in [0.05, 0.1) is 15.7 Å². The van der Waals surface area contributed by atoms with Crippen molar-refractivity contribution in [2.24, 2.45) is 5.92 Å². The minimum absolute atomic E-state index is 0.0445. The number of benzene rings is 3. The number of carbonyl (C=O) groups excluding carboxylic acids is 1. The predicted molar refractivity (Wildman–Crippen MR) is 165 cm³/mol. The van der Waals surface area contributed by atoms with Crippen LogP contribution < -0.4 is 11.5 Å². The number of H-pyrrole nitrogens is 1. The second-order valence-corrected chi connectivity index (χ2v) is 12.5. The highest BCUT2D eigenvalue weighted by atomic mass is 32.2. The summed E-state index contributed by atoms with van der Waals surface area (Å²) in [7, 11) is -1.33. The largest absolute Gasteiger partial charge is 0.399 e. The van der Waals surface area contributed by atoms with E-state index in [4.69, 9.17) is 11.5 Å². The van der Waals surface area contributed by atoms with Crippen LogP contribution in [0, 0.1) is 5.92 Å². The molecule has 1 aromatic heterocycles. The van der Waals surface area contributed by atoms with E-state index in [-0.39, 0.29) is 21.6 Å². The average molecular weight is 572 g/mol. The first kappa shape index (κ1) is 28.4.